The number of hydrogen-bond donors (Lipinski definition) is 1. The minimum atomic E-state index is 0.167. The lowest BCUT2D eigenvalue weighted by atomic mass is 9.81. The van der Waals surface area contributed by atoms with Crippen LogP contribution in [0.1, 0.15) is 40.5 Å². The van der Waals surface area contributed by atoms with Crippen LogP contribution in [-0.2, 0) is 0 Å². The lowest BCUT2D eigenvalue weighted by Crippen LogP contribution is -2.22. The molecule has 0 saturated carbocycles. The van der Waals surface area contributed by atoms with Crippen molar-refractivity contribution >= 4 is 5.71 Å². The minimum absolute atomic E-state index is 0.167. The Bertz CT molecular complexity index is 101. The van der Waals surface area contributed by atoms with Crippen molar-refractivity contribution in [3.05, 3.63) is 0 Å². The average molecular weight is 127 g/mol. The highest BCUT2D eigenvalue weighted by Crippen LogP contribution is 2.25. The maximum Gasteiger partial charge on any atom is 0.0117 e. The van der Waals surface area contributed by atoms with Crippen molar-refractivity contribution in [1.82, 2.24) is 0 Å². The van der Waals surface area contributed by atoms with E-state index in [4.69, 9.17) is 5.41 Å². The van der Waals surface area contributed by atoms with E-state index in [2.05, 4.69) is 20.8 Å². The lowest BCUT2D eigenvalue weighted by Gasteiger charge is -2.24. The Kier molecular flexibility index (Phi) is 2.89. The van der Waals surface area contributed by atoms with Crippen LogP contribution in [0, 0.1) is 10.8 Å². The fourth-order valence-electron chi connectivity index (χ4n) is 0.780. The summed E-state index contributed by atoms with van der Waals surface area (Å²) < 4.78 is 0. The standard InChI is InChI=1S/C8H17N/c1-5-8(4,6-2)7(3)9/h9H,5-6H2,1-4H3. The van der Waals surface area contributed by atoms with Gasteiger partial charge in [0.05, 0.1) is 0 Å². The molecule has 0 aromatic carbocycles. The van der Waals surface area contributed by atoms with Crippen molar-refractivity contribution in [3.63, 3.8) is 0 Å². The van der Waals surface area contributed by atoms with Crippen molar-refractivity contribution in [2.45, 2.75) is 40.5 Å². The van der Waals surface area contributed by atoms with E-state index in [1.807, 2.05) is 6.92 Å². The second-order valence-corrected chi connectivity index (χ2v) is 2.89. The molecular weight excluding hydrogens is 110 g/mol. The van der Waals surface area contributed by atoms with E-state index in [1.54, 1.807) is 0 Å². The number of nitrogens with one attached hydrogen (secondary N) is 1. The summed E-state index contributed by atoms with van der Waals surface area (Å²) >= 11 is 0. The van der Waals surface area contributed by atoms with Gasteiger partial charge in [-0.2, -0.15) is 0 Å². The molecule has 9 heavy (non-hydrogen) atoms. The van der Waals surface area contributed by atoms with E-state index in [9.17, 15) is 0 Å². The van der Waals surface area contributed by atoms with Crippen molar-refractivity contribution in [1.29, 1.82) is 5.41 Å². The highest BCUT2D eigenvalue weighted by molar-refractivity contribution is 5.84. The summed E-state index contributed by atoms with van der Waals surface area (Å²) in [5.74, 6) is 0. The Hall–Kier alpha value is -0.330. The van der Waals surface area contributed by atoms with Gasteiger partial charge in [0.2, 0.25) is 0 Å². The normalized spacial score (nSPS) is 11.6. The lowest BCUT2D eigenvalue weighted by molar-refractivity contribution is 0.429. The molecule has 0 aliphatic rings. The van der Waals surface area contributed by atoms with Crippen molar-refractivity contribution in [3.8, 4) is 0 Å². The second-order valence-electron chi connectivity index (χ2n) is 2.89. The summed E-state index contributed by atoms with van der Waals surface area (Å²) in [5, 5.41) is 7.45. The van der Waals surface area contributed by atoms with Gasteiger partial charge >= 0.3 is 0 Å². The van der Waals surface area contributed by atoms with Crippen molar-refractivity contribution in [2.75, 3.05) is 0 Å². The zero-order chi connectivity index (χ0) is 7.49. The molecule has 0 bridgehead atoms. The monoisotopic (exact) mass is 127 g/mol. The summed E-state index contributed by atoms with van der Waals surface area (Å²) in [5.41, 5.74) is 0.979. The van der Waals surface area contributed by atoms with Gasteiger partial charge < -0.3 is 5.41 Å². The summed E-state index contributed by atoms with van der Waals surface area (Å²) in [6.07, 6.45) is 2.16. The van der Waals surface area contributed by atoms with Gasteiger partial charge in [0.25, 0.3) is 0 Å². The van der Waals surface area contributed by atoms with Crippen LogP contribution in [0.3, 0.4) is 0 Å². The summed E-state index contributed by atoms with van der Waals surface area (Å²) in [6, 6.07) is 0. The molecule has 0 saturated heterocycles. The van der Waals surface area contributed by atoms with E-state index in [0.717, 1.165) is 18.6 Å². The molecule has 0 aliphatic heterocycles. The van der Waals surface area contributed by atoms with Gasteiger partial charge in [-0.25, -0.2) is 0 Å². The molecule has 54 valence electrons. The first-order chi connectivity index (χ1) is 4.06. The SMILES string of the molecule is CCC(C)(CC)C(C)=N. The molecule has 0 atom stereocenters. The smallest absolute Gasteiger partial charge is 0.0117 e. The highest BCUT2D eigenvalue weighted by atomic mass is 14.5. The molecule has 0 unspecified atom stereocenters. The van der Waals surface area contributed by atoms with Crippen LogP contribution in [0.15, 0.2) is 0 Å². The van der Waals surface area contributed by atoms with Crippen LogP contribution in [0.2, 0.25) is 0 Å². The molecule has 0 radical (unpaired) electrons. The molecule has 0 aliphatic carbocycles. The van der Waals surface area contributed by atoms with Gasteiger partial charge in [-0.05, 0) is 19.8 Å². The molecule has 0 amide bonds. The fourth-order valence-corrected chi connectivity index (χ4v) is 0.780. The molecule has 0 fully saturated rings. The zero-order valence-corrected chi connectivity index (χ0v) is 6.91. The Morgan fingerprint density at radius 2 is 1.67 bits per heavy atom. The molecule has 0 aromatic rings. The molecule has 1 nitrogen and oxygen atoms in total. The predicted molar refractivity (Wildman–Crippen MR) is 42.1 cm³/mol. The van der Waals surface area contributed by atoms with Crippen LogP contribution in [0.4, 0.5) is 0 Å². The molecular formula is C8H17N. The molecule has 1 N–H and O–H groups in total. The van der Waals surface area contributed by atoms with Crippen LogP contribution >= 0.6 is 0 Å². The van der Waals surface area contributed by atoms with Crippen LogP contribution in [-0.4, -0.2) is 5.71 Å². The topological polar surface area (TPSA) is 23.9 Å². The third kappa shape index (κ3) is 1.81. The van der Waals surface area contributed by atoms with Gasteiger partial charge in [-0.1, -0.05) is 20.8 Å². The fraction of sp³-hybridized carbons (Fsp3) is 0.875. The Balaban J connectivity index is 4.09. The maximum absolute atomic E-state index is 7.45. The zero-order valence-electron chi connectivity index (χ0n) is 6.91. The van der Waals surface area contributed by atoms with Gasteiger partial charge in [0.1, 0.15) is 0 Å². The van der Waals surface area contributed by atoms with E-state index in [1.165, 1.54) is 0 Å². The Morgan fingerprint density at radius 3 is 1.67 bits per heavy atom. The van der Waals surface area contributed by atoms with Crippen molar-refractivity contribution < 1.29 is 0 Å². The van der Waals surface area contributed by atoms with E-state index < -0.39 is 0 Å². The largest absolute Gasteiger partial charge is 0.309 e. The summed E-state index contributed by atoms with van der Waals surface area (Å²) in [7, 11) is 0. The Morgan fingerprint density at radius 1 is 1.33 bits per heavy atom. The highest BCUT2D eigenvalue weighted by Gasteiger charge is 2.21. The minimum Gasteiger partial charge on any atom is -0.309 e. The maximum atomic E-state index is 7.45. The summed E-state index contributed by atoms with van der Waals surface area (Å²) in [4.78, 5) is 0. The predicted octanol–water partition coefficient (Wildman–Crippen LogP) is 2.85. The second kappa shape index (κ2) is 3.00. The molecule has 0 spiro atoms. The van der Waals surface area contributed by atoms with Gasteiger partial charge in [-0.15, -0.1) is 0 Å². The first kappa shape index (κ1) is 8.67. The Labute approximate surface area is 58.0 Å². The molecule has 0 heterocycles. The van der Waals surface area contributed by atoms with Crippen LogP contribution in [0.25, 0.3) is 0 Å². The van der Waals surface area contributed by atoms with Gasteiger partial charge in [0.15, 0.2) is 0 Å². The summed E-state index contributed by atoms with van der Waals surface area (Å²) in [6.45, 7) is 8.32. The van der Waals surface area contributed by atoms with Crippen LogP contribution < -0.4 is 0 Å². The molecule has 0 rings (SSSR count). The quantitative estimate of drug-likeness (QED) is 0.564. The van der Waals surface area contributed by atoms with E-state index in [0.29, 0.717) is 0 Å². The third-order valence-corrected chi connectivity index (χ3v) is 2.47. The molecule has 0 aromatic heterocycles. The third-order valence-electron chi connectivity index (χ3n) is 2.47. The molecule has 1 heteroatoms. The van der Waals surface area contributed by atoms with Gasteiger partial charge in [-0.3, -0.25) is 0 Å². The first-order valence-electron chi connectivity index (χ1n) is 3.62. The number of rotatable bonds is 3. The van der Waals surface area contributed by atoms with E-state index in [-0.39, 0.29) is 5.41 Å². The van der Waals surface area contributed by atoms with Crippen molar-refractivity contribution in [2.24, 2.45) is 5.41 Å². The van der Waals surface area contributed by atoms with E-state index >= 15 is 0 Å². The first-order valence-corrected chi connectivity index (χ1v) is 3.62. The number of hydrogen-bond acceptors (Lipinski definition) is 1. The average Bonchev–Trinajstić information content (AvgIpc) is 1.86. The van der Waals surface area contributed by atoms with Crippen LogP contribution in [0.5, 0.6) is 0 Å². The van der Waals surface area contributed by atoms with Gasteiger partial charge in [0, 0.05) is 11.1 Å².